The zero-order valence-corrected chi connectivity index (χ0v) is 11.1. The molecule has 1 fully saturated rings. The molecule has 16 heavy (non-hydrogen) atoms. The third-order valence-electron chi connectivity index (χ3n) is 3.75. The van der Waals surface area contributed by atoms with Crippen LogP contribution >= 0.6 is 0 Å². The average Bonchev–Trinajstić information content (AvgIpc) is 2.31. The van der Waals surface area contributed by atoms with Crippen molar-refractivity contribution in [3.05, 3.63) is 0 Å². The summed E-state index contributed by atoms with van der Waals surface area (Å²) in [7, 11) is 1.78. The highest BCUT2D eigenvalue weighted by Gasteiger charge is 2.19. The Morgan fingerprint density at radius 3 is 2.50 bits per heavy atom. The van der Waals surface area contributed by atoms with Crippen molar-refractivity contribution in [3.63, 3.8) is 0 Å². The summed E-state index contributed by atoms with van der Waals surface area (Å²) in [6, 6.07) is 0.802. The van der Waals surface area contributed by atoms with Gasteiger partial charge in [-0.25, -0.2) is 0 Å². The highest BCUT2D eigenvalue weighted by atomic mass is 16.5. The Kier molecular flexibility index (Phi) is 7.87. The molecule has 0 atom stereocenters. The molecule has 0 aliphatic heterocycles. The topological polar surface area (TPSA) is 21.3 Å². The SMILES string of the molecule is CCCC1CCC(NCCCCOC)CC1. The third kappa shape index (κ3) is 5.86. The van der Waals surface area contributed by atoms with Crippen LogP contribution in [0, 0.1) is 5.92 Å². The first-order chi connectivity index (χ1) is 7.86. The van der Waals surface area contributed by atoms with Crippen LogP contribution < -0.4 is 5.32 Å². The van der Waals surface area contributed by atoms with Crippen molar-refractivity contribution in [2.45, 2.75) is 64.3 Å². The quantitative estimate of drug-likeness (QED) is 0.642. The second-order valence-electron chi connectivity index (χ2n) is 5.16. The fraction of sp³-hybridized carbons (Fsp3) is 1.00. The van der Waals surface area contributed by atoms with Crippen LogP contribution in [0.15, 0.2) is 0 Å². The number of methoxy groups -OCH3 is 1. The molecule has 0 aromatic carbocycles. The molecule has 96 valence electrons. The standard InChI is InChI=1S/C14H29NO/c1-3-6-13-7-9-14(10-8-13)15-11-4-5-12-16-2/h13-15H,3-12H2,1-2H3. The Labute approximate surface area is 101 Å². The Bertz CT molecular complexity index is 153. The Hall–Kier alpha value is -0.0800. The molecule has 1 saturated carbocycles. The first-order valence-electron chi connectivity index (χ1n) is 7.09. The van der Waals surface area contributed by atoms with Crippen molar-refractivity contribution in [2.75, 3.05) is 20.3 Å². The van der Waals surface area contributed by atoms with Crippen molar-refractivity contribution in [1.82, 2.24) is 5.32 Å². The summed E-state index contributed by atoms with van der Waals surface area (Å²) >= 11 is 0. The summed E-state index contributed by atoms with van der Waals surface area (Å²) in [6.45, 7) is 4.39. The van der Waals surface area contributed by atoms with Crippen molar-refractivity contribution >= 4 is 0 Å². The number of ether oxygens (including phenoxy) is 1. The number of hydrogen-bond donors (Lipinski definition) is 1. The lowest BCUT2D eigenvalue weighted by Gasteiger charge is -2.29. The van der Waals surface area contributed by atoms with Crippen LogP contribution in [0.4, 0.5) is 0 Å². The molecule has 0 saturated heterocycles. The van der Waals surface area contributed by atoms with E-state index in [1.165, 1.54) is 57.9 Å². The zero-order chi connectivity index (χ0) is 11.6. The van der Waals surface area contributed by atoms with E-state index in [1.807, 2.05) is 0 Å². The summed E-state index contributed by atoms with van der Waals surface area (Å²) in [4.78, 5) is 0. The van der Waals surface area contributed by atoms with Gasteiger partial charge < -0.3 is 10.1 Å². The lowest BCUT2D eigenvalue weighted by atomic mass is 9.83. The van der Waals surface area contributed by atoms with E-state index >= 15 is 0 Å². The van der Waals surface area contributed by atoms with Crippen molar-refractivity contribution < 1.29 is 4.74 Å². The monoisotopic (exact) mass is 227 g/mol. The Morgan fingerprint density at radius 1 is 1.12 bits per heavy atom. The van der Waals surface area contributed by atoms with E-state index < -0.39 is 0 Å². The normalized spacial score (nSPS) is 25.9. The first kappa shape index (κ1) is 14.0. The summed E-state index contributed by atoms with van der Waals surface area (Å²) in [5.41, 5.74) is 0. The maximum Gasteiger partial charge on any atom is 0.0462 e. The molecule has 0 radical (unpaired) electrons. The van der Waals surface area contributed by atoms with E-state index in [-0.39, 0.29) is 0 Å². The molecule has 1 aliphatic carbocycles. The molecule has 1 rings (SSSR count). The molecule has 0 bridgehead atoms. The van der Waals surface area contributed by atoms with Gasteiger partial charge >= 0.3 is 0 Å². The van der Waals surface area contributed by atoms with Crippen molar-refractivity contribution in [1.29, 1.82) is 0 Å². The van der Waals surface area contributed by atoms with E-state index in [1.54, 1.807) is 7.11 Å². The van der Waals surface area contributed by atoms with Gasteiger partial charge in [-0.3, -0.25) is 0 Å². The van der Waals surface area contributed by atoms with Crippen LogP contribution in [0.2, 0.25) is 0 Å². The highest BCUT2D eigenvalue weighted by Crippen LogP contribution is 2.27. The molecule has 0 spiro atoms. The van der Waals surface area contributed by atoms with Gasteiger partial charge in [-0.15, -0.1) is 0 Å². The van der Waals surface area contributed by atoms with Gasteiger partial charge in [0.1, 0.15) is 0 Å². The predicted molar refractivity (Wildman–Crippen MR) is 69.8 cm³/mol. The minimum absolute atomic E-state index is 0.802. The predicted octanol–water partition coefficient (Wildman–Crippen LogP) is 3.36. The molecule has 0 heterocycles. The number of nitrogens with one attached hydrogen (secondary N) is 1. The molecule has 0 aromatic heterocycles. The van der Waals surface area contributed by atoms with Gasteiger partial charge in [0.25, 0.3) is 0 Å². The molecule has 0 amide bonds. The Balaban J connectivity index is 1.95. The number of unbranched alkanes of at least 4 members (excludes halogenated alkanes) is 1. The molecule has 0 unspecified atom stereocenters. The second-order valence-corrected chi connectivity index (χ2v) is 5.16. The summed E-state index contributed by atoms with van der Waals surface area (Å²) < 4.78 is 5.05. The number of hydrogen-bond acceptors (Lipinski definition) is 2. The maximum absolute atomic E-state index is 5.05. The van der Waals surface area contributed by atoms with E-state index in [2.05, 4.69) is 12.2 Å². The molecule has 1 aliphatic rings. The summed E-state index contributed by atoms with van der Waals surface area (Å²) in [6.07, 6.45) is 10.9. The van der Waals surface area contributed by atoms with Crippen LogP contribution in [-0.2, 0) is 4.74 Å². The first-order valence-corrected chi connectivity index (χ1v) is 7.09. The van der Waals surface area contributed by atoms with E-state index in [9.17, 15) is 0 Å². The zero-order valence-electron chi connectivity index (χ0n) is 11.1. The van der Waals surface area contributed by atoms with Crippen LogP contribution in [0.5, 0.6) is 0 Å². The lowest BCUT2D eigenvalue weighted by molar-refractivity contribution is 0.191. The van der Waals surface area contributed by atoms with Crippen LogP contribution in [-0.4, -0.2) is 26.3 Å². The maximum atomic E-state index is 5.05. The largest absolute Gasteiger partial charge is 0.385 e. The van der Waals surface area contributed by atoms with Gasteiger partial charge in [0.2, 0.25) is 0 Å². The van der Waals surface area contributed by atoms with Crippen LogP contribution in [0.3, 0.4) is 0 Å². The van der Waals surface area contributed by atoms with Gasteiger partial charge in [-0.1, -0.05) is 19.8 Å². The minimum Gasteiger partial charge on any atom is -0.385 e. The average molecular weight is 227 g/mol. The molecular weight excluding hydrogens is 198 g/mol. The van der Waals surface area contributed by atoms with Crippen LogP contribution in [0.1, 0.15) is 58.3 Å². The third-order valence-corrected chi connectivity index (χ3v) is 3.75. The fourth-order valence-corrected chi connectivity index (χ4v) is 2.74. The fourth-order valence-electron chi connectivity index (χ4n) is 2.74. The van der Waals surface area contributed by atoms with Crippen molar-refractivity contribution in [2.24, 2.45) is 5.92 Å². The summed E-state index contributed by atoms with van der Waals surface area (Å²) in [5, 5.41) is 3.69. The van der Waals surface area contributed by atoms with Gasteiger partial charge in [0.05, 0.1) is 0 Å². The van der Waals surface area contributed by atoms with Gasteiger partial charge in [-0.05, 0) is 51.0 Å². The van der Waals surface area contributed by atoms with E-state index in [4.69, 9.17) is 4.74 Å². The van der Waals surface area contributed by atoms with E-state index in [0.717, 1.165) is 18.6 Å². The van der Waals surface area contributed by atoms with E-state index in [0.29, 0.717) is 0 Å². The molecular formula is C14H29NO. The highest BCUT2D eigenvalue weighted by molar-refractivity contribution is 4.76. The summed E-state index contributed by atoms with van der Waals surface area (Å²) in [5.74, 6) is 1.02. The molecule has 1 N–H and O–H groups in total. The molecule has 2 heteroatoms. The van der Waals surface area contributed by atoms with Gasteiger partial charge in [0.15, 0.2) is 0 Å². The lowest BCUT2D eigenvalue weighted by Crippen LogP contribution is -2.33. The van der Waals surface area contributed by atoms with Crippen LogP contribution in [0.25, 0.3) is 0 Å². The second kappa shape index (κ2) is 9.00. The number of rotatable bonds is 8. The van der Waals surface area contributed by atoms with Crippen molar-refractivity contribution in [3.8, 4) is 0 Å². The van der Waals surface area contributed by atoms with Gasteiger partial charge in [0, 0.05) is 19.8 Å². The Morgan fingerprint density at radius 2 is 1.88 bits per heavy atom. The molecule has 0 aromatic rings. The smallest absolute Gasteiger partial charge is 0.0462 e. The minimum atomic E-state index is 0.802. The van der Waals surface area contributed by atoms with Gasteiger partial charge in [-0.2, -0.15) is 0 Å². The molecule has 2 nitrogen and oxygen atoms in total.